The first-order valence-corrected chi connectivity index (χ1v) is 10.3. The van der Waals surface area contributed by atoms with E-state index >= 15 is 0 Å². The van der Waals surface area contributed by atoms with Gasteiger partial charge in [-0.05, 0) is 37.1 Å². The number of benzene rings is 1. The number of carbonyl (C=O) groups excluding carboxylic acids is 1. The van der Waals surface area contributed by atoms with E-state index < -0.39 is 18.0 Å². The van der Waals surface area contributed by atoms with E-state index in [0.717, 1.165) is 0 Å². The van der Waals surface area contributed by atoms with E-state index in [1.807, 2.05) is 13.8 Å². The van der Waals surface area contributed by atoms with Gasteiger partial charge in [0.1, 0.15) is 17.8 Å². The summed E-state index contributed by atoms with van der Waals surface area (Å²) in [6, 6.07) is 7.20. The zero-order valence-corrected chi connectivity index (χ0v) is 17.9. The second-order valence-electron chi connectivity index (χ2n) is 8.14. The number of nitrogen functional groups attached to an aromatic ring is 1. The van der Waals surface area contributed by atoms with Crippen molar-refractivity contribution in [1.29, 1.82) is 5.26 Å². The lowest BCUT2D eigenvalue weighted by atomic mass is 9.88. The number of anilines is 2. The number of nitrogens with one attached hydrogen (secondary N) is 2. The Morgan fingerprint density at radius 1 is 1.31 bits per heavy atom. The van der Waals surface area contributed by atoms with Gasteiger partial charge in [-0.3, -0.25) is 10.3 Å². The van der Waals surface area contributed by atoms with Gasteiger partial charge in [-0.1, -0.05) is 13.8 Å². The Hall–Kier alpha value is -3.93. The highest BCUT2D eigenvalue weighted by Gasteiger charge is 2.29. The van der Waals surface area contributed by atoms with E-state index in [2.05, 4.69) is 21.7 Å². The lowest BCUT2D eigenvalue weighted by Gasteiger charge is -2.27. The molecule has 4 N–H and O–H groups in total. The summed E-state index contributed by atoms with van der Waals surface area (Å²) in [5.41, 5.74) is 8.35. The number of dihydropyridines is 1. The predicted octanol–water partition coefficient (Wildman–Crippen LogP) is 4.18. The standard InChI is InChI=1S/C23H23FN6O2/c1-11(2)18-6-13(9-25)20-14-7-19(21(26)27-10-14)32-12(3)16-8-15(24)4-5-17(16)29-23(31)30-22(20)28-18/h4-5,7-8,10-12,18H,6H2,1-3H3,(H2,26,27)(H2,28,29,30,31). The van der Waals surface area contributed by atoms with Crippen molar-refractivity contribution >= 4 is 28.9 Å². The third-order valence-electron chi connectivity index (χ3n) is 5.56. The second-order valence-corrected chi connectivity index (χ2v) is 8.14. The molecule has 0 aliphatic carbocycles. The fourth-order valence-corrected chi connectivity index (χ4v) is 3.81. The van der Waals surface area contributed by atoms with Crippen LogP contribution in [0.15, 0.2) is 41.0 Å². The van der Waals surface area contributed by atoms with Crippen LogP contribution in [0.5, 0.6) is 5.75 Å². The Kier molecular flexibility index (Phi) is 5.53. The SMILES string of the molecule is CC1Oc2cc(cnc2N)C2=C(C#N)CC(C(C)C)N=C2NC(=O)Nc2ccc(F)cc21. The van der Waals surface area contributed by atoms with Crippen molar-refractivity contribution in [3.05, 3.63) is 53.0 Å². The maximum atomic E-state index is 14.0. The molecule has 32 heavy (non-hydrogen) atoms. The Labute approximate surface area is 185 Å². The molecule has 2 aromatic rings. The molecule has 8 nitrogen and oxygen atoms in total. The van der Waals surface area contributed by atoms with Gasteiger partial charge < -0.3 is 15.8 Å². The molecule has 0 saturated heterocycles. The molecule has 0 saturated carbocycles. The minimum absolute atomic E-state index is 0.154. The van der Waals surface area contributed by atoms with Crippen molar-refractivity contribution in [2.24, 2.45) is 10.9 Å². The number of carbonyl (C=O) groups is 1. The van der Waals surface area contributed by atoms with E-state index in [0.29, 0.717) is 34.4 Å². The van der Waals surface area contributed by atoms with Crippen molar-refractivity contribution in [2.45, 2.75) is 39.3 Å². The summed E-state index contributed by atoms with van der Waals surface area (Å²) in [4.78, 5) is 21.8. The summed E-state index contributed by atoms with van der Waals surface area (Å²) in [6.45, 7) is 5.73. The van der Waals surface area contributed by atoms with Crippen LogP contribution >= 0.6 is 0 Å². The monoisotopic (exact) mass is 434 g/mol. The summed E-state index contributed by atoms with van der Waals surface area (Å²) < 4.78 is 20.0. The van der Waals surface area contributed by atoms with Crippen LogP contribution in [0.25, 0.3) is 5.57 Å². The highest BCUT2D eigenvalue weighted by molar-refractivity contribution is 6.29. The van der Waals surface area contributed by atoms with Crippen LogP contribution in [0.1, 0.15) is 44.4 Å². The van der Waals surface area contributed by atoms with E-state index in [4.69, 9.17) is 15.5 Å². The number of amides is 2. The van der Waals surface area contributed by atoms with Crippen LogP contribution in [-0.4, -0.2) is 22.9 Å². The Bertz CT molecular complexity index is 1200. The van der Waals surface area contributed by atoms with Gasteiger partial charge in [-0.2, -0.15) is 5.26 Å². The van der Waals surface area contributed by atoms with Crippen LogP contribution in [0.4, 0.5) is 20.7 Å². The molecule has 4 rings (SSSR count). The van der Waals surface area contributed by atoms with Gasteiger partial charge in [0, 0.05) is 40.6 Å². The van der Waals surface area contributed by atoms with Gasteiger partial charge in [-0.25, -0.2) is 14.2 Å². The molecule has 1 aromatic carbocycles. The number of ether oxygens (including phenoxy) is 1. The van der Waals surface area contributed by atoms with Crippen LogP contribution < -0.4 is 21.1 Å². The first-order chi connectivity index (χ1) is 15.3. The maximum absolute atomic E-state index is 14.0. The van der Waals surface area contributed by atoms with Crippen molar-refractivity contribution < 1.29 is 13.9 Å². The number of rotatable bonds is 1. The van der Waals surface area contributed by atoms with Gasteiger partial charge in [0.05, 0.1) is 12.1 Å². The number of nitrogens with zero attached hydrogens (tertiary/aromatic N) is 3. The van der Waals surface area contributed by atoms with Gasteiger partial charge in [0.2, 0.25) is 0 Å². The van der Waals surface area contributed by atoms with E-state index in [1.54, 1.807) is 13.0 Å². The summed E-state index contributed by atoms with van der Waals surface area (Å²) in [7, 11) is 0. The number of pyridine rings is 1. The average molecular weight is 434 g/mol. The number of hydrogen-bond acceptors (Lipinski definition) is 6. The summed E-state index contributed by atoms with van der Waals surface area (Å²) in [5.74, 6) is 0.396. The number of fused-ring (bicyclic) bond motifs is 5. The minimum atomic E-state index is -0.644. The molecule has 0 fully saturated rings. The van der Waals surface area contributed by atoms with E-state index in [-0.39, 0.29) is 29.4 Å². The molecular weight excluding hydrogens is 411 g/mol. The van der Waals surface area contributed by atoms with Crippen LogP contribution in [0.2, 0.25) is 0 Å². The molecule has 2 aliphatic heterocycles. The molecule has 0 radical (unpaired) electrons. The molecule has 2 amide bonds. The largest absolute Gasteiger partial charge is 0.482 e. The van der Waals surface area contributed by atoms with E-state index in [1.165, 1.54) is 24.4 Å². The number of aliphatic imine (C=N–C) groups is 1. The zero-order valence-electron chi connectivity index (χ0n) is 17.9. The first-order valence-electron chi connectivity index (χ1n) is 10.3. The number of nitrogens with two attached hydrogens (primary N) is 1. The first kappa shape index (κ1) is 21.3. The smallest absolute Gasteiger partial charge is 0.324 e. The van der Waals surface area contributed by atoms with Crippen LogP contribution in [0, 0.1) is 23.1 Å². The third-order valence-corrected chi connectivity index (χ3v) is 5.56. The number of nitriles is 1. The maximum Gasteiger partial charge on any atom is 0.324 e. The molecular formula is C23H23FN6O2. The summed E-state index contributed by atoms with van der Waals surface area (Å²) in [5, 5.41) is 15.4. The molecule has 2 atom stereocenters. The van der Waals surface area contributed by atoms with Crippen molar-refractivity contribution in [2.75, 3.05) is 11.1 Å². The van der Waals surface area contributed by atoms with Gasteiger partial charge >= 0.3 is 6.03 Å². The average Bonchev–Trinajstić information content (AvgIpc) is 2.75. The summed E-state index contributed by atoms with van der Waals surface area (Å²) in [6.07, 6.45) is 1.31. The molecule has 164 valence electrons. The lowest BCUT2D eigenvalue weighted by molar-refractivity contribution is 0.227. The molecule has 0 spiro atoms. The van der Waals surface area contributed by atoms with E-state index in [9.17, 15) is 14.4 Å². The third kappa shape index (κ3) is 3.99. The highest BCUT2D eigenvalue weighted by Crippen LogP contribution is 2.36. The second kappa shape index (κ2) is 8.30. The Balaban J connectivity index is 1.92. The molecule has 9 heteroatoms. The zero-order chi connectivity index (χ0) is 23.0. The molecule has 2 unspecified atom stereocenters. The number of amidine groups is 1. The summed E-state index contributed by atoms with van der Waals surface area (Å²) >= 11 is 0. The highest BCUT2D eigenvalue weighted by atomic mass is 19.1. The molecule has 3 heterocycles. The number of hydrogen-bond donors (Lipinski definition) is 3. The topological polar surface area (TPSA) is 125 Å². The van der Waals surface area contributed by atoms with Gasteiger partial charge in [-0.15, -0.1) is 0 Å². The van der Waals surface area contributed by atoms with Gasteiger partial charge in [0.15, 0.2) is 11.6 Å². The minimum Gasteiger partial charge on any atom is -0.482 e. The normalized spacial score (nSPS) is 20.4. The molecule has 1 aromatic heterocycles. The van der Waals surface area contributed by atoms with Crippen molar-refractivity contribution in [1.82, 2.24) is 10.3 Å². The fourth-order valence-electron chi connectivity index (χ4n) is 3.81. The van der Waals surface area contributed by atoms with Crippen LogP contribution in [-0.2, 0) is 0 Å². The van der Waals surface area contributed by atoms with Crippen molar-refractivity contribution in [3.8, 4) is 11.8 Å². The van der Waals surface area contributed by atoms with Crippen molar-refractivity contribution in [3.63, 3.8) is 0 Å². The lowest BCUT2D eigenvalue weighted by Crippen LogP contribution is -2.39. The Morgan fingerprint density at radius 2 is 2.09 bits per heavy atom. The number of halogens is 1. The number of aromatic nitrogens is 1. The quantitative estimate of drug-likeness (QED) is 0.621. The fraction of sp³-hybridized carbons (Fsp3) is 0.304. The molecule has 2 bridgehead atoms. The predicted molar refractivity (Wildman–Crippen MR) is 119 cm³/mol. The van der Waals surface area contributed by atoms with Crippen LogP contribution in [0.3, 0.4) is 0 Å². The molecule has 2 aliphatic rings. The Morgan fingerprint density at radius 3 is 2.81 bits per heavy atom. The number of urea groups is 1. The van der Waals surface area contributed by atoms with Gasteiger partial charge in [0.25, 0.3) is 0 Å².